The second kappa shape index (κ2) is 6.10. The van der Waals surface area contributed by atoms with E-state index < -0.39 is 0 Å². The SMILES string of the molecule is COCCN(C)c1nc(NN)c(Cl)cc1Cl. The van der Waals surface area contributed by atoms with E-state index in [2.05, 4.69) is 10.4 Å². The number of hydrogen-bond donors (Lipinski definition) is 2. The minimum atomic E-state index is 0.386. The van der Waals surface area contributed by atoms with E-state index in [-0.39, 0.29) is 0 Å². The number of rotatable bonds is 5. The summed E-state index contributed by atoms with van der Waals surface area (Å²) in [6, 6.07) is 1.60. The Kier molecular flexibility index (Phi) is 5.08. The molecule has 0 aliphatic heterocycles. The fourth-order valence-corrected chi connectivity index (χ4v) is 1.72. The van der Waals surface area contributed by atoms with Gasteiger partial charge in [-0.25, -0.2) is 10.8 Å². The number of ether oxygens (including phenoxy) is 1. The standard InChI is InChI=1S/C9H14Cl2N4O/c1-15(3-4-16-2)9-7(11)5-6(10)8(13-9)14-12/h5H,3-4,12H2,1-2H3,(H,13,14). The summed E-state index contributed by atoms with van der Waals surface area (Å²) < 4.78 is 4.98. The van der Waals surface area contributed by atoms with E-state index in [4.69, 9.17) is 33.8 Å². The van der Waals surface area contributed by atoms with Crippen LogP contribution in [0.25, 0.3) is 0 Å². The summed E-state index contributed by atoms with van der Waals surface area (Å²) in [6.45, 7) is 1.26. The van der Waals surface area contributed by atoms with E-state index in [1.807, 2.05) is 11.9 Å². The van der Waals surface area contributed by atoms with Crippen LogP contribution in [0.3, 0.4) is 0 Å². The number of nitrogens with two attached hydrogens (primary N) is 1. The lowest BCUT2D eigenvalue weighted by Crippen LogP contribution is -2.24. The normalized spacial score (nSPS) is 10.3. The largest absolute Gasteiger partial charge is 0.383 e. The maximum absolute atomic E-state index is 6.03. The molecule has 0 saturated heterocycles. The minimum absolute atomic E-state index is 0.386. The number of likely N-dealkylation sites (N-methyl/N-ethyl adjacent to an activating group) is 1. The zero-order chi connectivity index (χ0) is 12.1. The van der Waals surface area contributed by atoms with Crippen molar-refractivity contribution in [1.29, 1.82) is 0 Å². The quantitative estimate of drug-likeness (QED) is 0.627. The number of nitrogens with one attached hydrogen (secondary N) is 1. The molecule has 5 nitrogen and oxygen atoms in total. The molecule has 0 unspecified atom stereocenters. The maximum Gasteiger partial charge on any atom is 0.161 e. The van der Waals surface area contributed by atoms with Crippen LogP contribution < -0.4 is 16.2 Å². The van der Waals surface area contributed by atoms with E-state index in [0.717, 1.165) is 0 Å². The highest BCUT2D eigenvalue weighted by molar-refractivity contribution is 6.37. The average Bonchev–Trinajstić information content (AvgIpc) is 2.26. The first-order chi connectivity index (χ1) is 7.60. The number of halogens is 2. The molecule has 3 N–H and O–H groups in total. The molecule has 0 aliphatic rings. The van der Waals surface area contributed by atoms with E-state index in [0.29, 0.717) is 34.8 Å². The maximum atomic E-state index is 6.03. The van der Waals surface area contributed by atoms with Crippen LogP contribution in [0.15, 0.2) is 6.07 Å². The third kappa shape index (κ3) is 3.12. The molecule has 1 heterocycles. The molecule has 0 saturated carbocycles. The van der Waals surface area contributed by atoms with E-state index in [1.165, 1.54) is 0 Å². The third-order valence-electron chi connectivity index (χ3n) is 2.04. The second-order valence-electron chi connectivity index (χ2n) is 3.18. The van der Waals surface area contributed by atoms with Gasteiger partial charge in [0.1, 0.15) is 5.82 Å². The first-order valence-corrected chi connectivity index (χ1v) is 5.38. The Labute approximate surface area is 104 Å². The molecule has 1 rings (SSSR count). The minimum Gasteiger partial charge on any atom is -0.383 e. The van der Waals surface area contributed by atoms with Crippen molar-refractivity contribution in [3.8, 4) is 0 Å². The van der Waals surface area contributed by atoms with Gasteiger partial charge >= 0.3 is 0 Å². The lowest BCUT2D eigenvalue weighted by atomic mass is 10.4. The van der Waals surface area contributed by atoms with Crippen molar-refractivity contribution in [1.82, 2.24) is 4.98 Å². The van der Waals surface area contributed by atoms with Crippen LogP contribution in [-0.4, -0.2) is 32.3 Å². The summed E-state index contributed by atoms with van der Waals surface area (Å²) in [7, 11) is 3.50. The highest BCUT2D eigenvalue weighted by Crippen LogP contribution is 2.30. The summed E-state index contributed by atoms with van der Waals surface area (Å²) in [5.41, 5.74) is 2.41. The van der Waals surface area contributed by atoms with Crippen molar-refractivity contribution in [2.75, 3.05) is 37.6 Å². The first-order valence-electron chi connectivity index (χ1n) is 4.63. The Bertz CT molecular complexity index is 362. The fourth-order valence-electron chi connectivity index (χ4n) is 1.16. The molecule has 7 heteroatoms. The van der Waals surface area contributed by atoms with Gasteiger partial charge in [-0.05, 0) is 6.07 Å². The summed E-state index contributed by atoms with van der Waals surface area (Å²) in [5, 5.41) is 0.860. The molecule has 0 radical (unpaired) electrons. The predicted molar refractivity (Wildman–Crippen MR) is 67.2 cm³/mol. The van der Waals surface area contributed by atoms with Gasteiger partial charge in [0, 0.05) is 20.7 Å². The Morgan fingerprint density at radius 3 is 2.75 bits per heavy atom. The van der Waals surface area contributed by atoms with Gasteiger partial charge in [0.15, 0.2) is 5.82 Å². The Hall–Kier alpha value is -0.750. The van der Waals surface area contributed by atoms with Crippen LogP contribution in [0.4, 0.5) is 11.6 Å². The smallest absolute Gasteiger partial charge is 0.161 e. The number of methoxy groups -OCH3 is 1. The molecule has 0 aromatic carbocycles. The predicted octanol–water partition coefficient (Wildman–Crippen LogP) is 1.76. The summed E-state index contributed by atoms with van der Waals surface area (Å²) in [6.07, 6.45) is 0. The van der Waals surface area contributed by atoms with Crippen molar-refractivity contribution in [3.63, 3.8) is 0 Å². The molecule has 1 aromatic rings. The molecule has 0 atom stereocenters. The molecule has 1 aromatic heterocycles. The number of hydrazine groups is 1. The molecule has 16 heavy (non-hydrogen) atoms. The Morgan fingerprint density at radius 1 is 1.50 bits per heavy atom. The average molecular weight is 265 g/mol. The summed E-state index contributed by atoms with van der Waals surface area (Å²) in [4.78, 5) is 6.08. The van der Waals surface area contributed by atoms with Gasteiger partial charge in [0.2, 0.25) is 0 Å². The van der Waals surface area contributed by atoms with Gasteiger partial charge < -0.3 is 15.1 Å². The van der Waals surface area contributed by atoms with Crippen LogP contribution in [0, 0.1) is 0 Å². The van der Waals surface area contributed by atoms with Crippen molar-refractivity contribution < 1.29 is 4.74 Å². The van der Waals surface area contributed by atoms with Gasteiger partial charge in [-0.15, -0.1) is 0 Å². The van der Waals surface area contributed by atoms with Crippen LogP contribution in [-0.2, 0) is 4.74 Å². The number of aromatic nitrogens is 1. The molecule has 0 fully saturated rings. The lowest BCUT2D eigenvalue weighted by molar-refractivity contribution is 0.206. The molecular formula is C9H14Cl2N4O. The van der Waals surface area contributed by atoms with E-state index >= 15 is 0 Å². The van der Waals surface area contributed by atoms with Gasteiger partial charge in [-0.1, -0.05) is 23.2 Å². The molecule has 0 spiro atoms. The van der Waals surface area contributed by atoms with Crippen molar-refractivity contribution >= 4 is 34.8 Å². The molecule has 0 aliphatic carbocycles. The van der Waals surface area contributed by atoms with Gasteiger partial charge in [0.25, 0.3) is 0 Å². The van der Waals surface area contributed by atoms with E-state index in [9.17, 15) is 0 Å². The Morgan fingerprint density at radius 2 is 2.19 bits per heavy atom. The second-order valence-corrected chi connectivity index (χ2v) is 4.00. The third-order valence-corrected chi connectivity index (χ3v) is 2.61. The van der Waals surface area contributed by atoms with Crippen LogP contribution >= 0.6 is 23.2 Å². The van der Waals surface area contributed by atoms with Crippen LogP contribution in [0.2, 0.25) is 10.0 Å². The van der Waals surface area contributed by atoms with Crippen molar-refractivity contribution in [2.24, 2.45) is 5.84 Å². The topological polar surface area (TPSA) is 63.4 Å². The van der Waals surface area contributed by atoms with Gasteiger partial charge in [-0.2, -0.15) is 0 Å². The number of hydrogen-bond acceptors (Lipinski definition) is 5. The van der Waals surface area contributed by atoms with Crippen LogP contribution in [0.5, 0.6) is 0 Å². The van der Waals surface area contributed by atoms with Crippen LogP contribution in [0.1, 0.15) is 0 Å². The summed E-state index contributed by atoms with van der Waals surface area (Å²) in [5.74, 6) is 6.29. The fraction of sp³-hybridized carbons (Fsp3) is 0.444. The zero-order valence-electron chi connectivity index (χ0n) is 9.13. The summed E-state index contributed by atoms with van der Waals surface area (Å²) >= 11 is 11.9. The monoisotopic (exact) mass is 264 g/mol. The van der Waals surface area contributed by atoms with Crippen molar-refractivity contribution in [2.45, 2.75) is 0 Å². The van der Waals surface area contributed by atoms with Gasteiger partial charge in [-0.3, -0.25) is 0 Å². The number of anilines is 2. The molecular weight excluding hydrogens is 251 g/mol. The Balaban J connectivity index is 2.94. The van der Waals surface area contributed by atoms with Gasteiger partial charge in [0.05, 0.1) is 16.7 Å². The highest BCUT2D eigenvalue weighted by atomic mass is 35.5. The van der Waals surface area contributed by atoms with Crippen molar-refractivity contribution in [3.05, 3.63) is 16.1 Å². The number of nitrogen functional groups attached to an aromatic ring is 1. The van der Waals surface area contributed by atoms with E-state index in [1.54, 1.807) is 13.2 Å². The highest BCUT2D eigenvalue weighted by Gasteiger charge is 2.12. The molecule has 0 amide bonds. The zero-order valence-corrected chi connectivity index (χ0v) is 10.6. The molecule has 90 valence electrons. The number of pyridine rings is 1. The number of nitrogens with zero attached hydrogens (tertiary/aromatic N) is 2. The lowest BCUT2D eigenvalue weighted by Gasteiger charge is -2.19. The molecule has 0 bridgehead atoms. The first kappa shape index (κ1) is 13.3.